The van der Waals surface area contributed by atoms with E-state index < -0.39 is 5.82 Å². The highest BCUT2D eigenvalue weighted by Crippen LogP contribution is 2.33. The molecule has 0 aliphatic carbocycles. The van der Waals surface area contributed by atoms with Gasteiger partial charge in [-0.15, -0.1) is 11.3 Å². The summed E-state index contributed by atoms with van der Waals surface area (Å²) < 4.78 is 14.5. The van der Waals surface area contributed by atoms with E-state index >= 15 is 0 Å². The number of nitrogens with one attached hydrogen (secondary N) is 1. The van der Waals surface area contributed by atoms with E-state index in [1.807, 2.05) is 13.0 Å². The summed E-state index contributed by atoms with van der Waals surface area (Å²) in [6.45, 7) is 3.56. The van der Waals surface area contributed by atoms with E-state index in [0.29, 0.717) is 5.82 Å². The molecule has 0 radical (unpaired) electrons. The number of hydrogen-bond donors (Lipinski definition) is 2. The summed E-state index contributed by atoms with van der Waals surface area (Å²) in [5, 5.41) is 0. The Kier molecular flexibility index (Phi) is 3.41. The van der Waals surface area contributed by atoms with Crippen LogP contribution in [0.2, 0.25) is 0 Å². The fourth-order valence-electron chi connectivity index (χ4n) is 1.34. The monoisotopic (exact) mass is 316 g/mol. The van der Waals surface area contributed by atoms with Gasteiger partial charge in [-0.05, 0) is 35.8 Å². The topological polar surface area (TPSA) is 63.8 Å². The van der Waals surface area contributed by atoms with Gasteiger partial charge in [0.05, 0.1) is 10.6 Å². The quantitative estimate of drug-likeness (QED) is 0.660. The Morgan fingerprint density at radius 3 is 2.65 bits per heavy atom. The molecule has 2 aromatic rings. The minimum absolute atomic E-state index is 0.00896. The molecule has 3 N–H and O–H groups in total. The first-order valence-electron chi connectivity index (χ1n) is 4.80. The lowest BCUT2D eigenvalue weighted by Crippen LogP contribution is -2.12. The molecule has 17 heavy (non-hydrogen) atoms. The van der Waals surface area contributed by atoms with Gasteiger partial charge in [0.2, 0.25) is 0 Å². The Morgan fingerprint density at radius 1 is 1.41 bits per heavy atom. The molecule has 0 fully saturated rings. The fraction of sp³-hybridized carbons (Fsp3) is 0.200. The van der Waals surface area contributed by atoms with Crippen molar-refractivity contribution in [1.29, 1.82) is 0 Å². The number of aromatic nitrogens is 2. The van der Waals surface area contributed by atoms with Gasteiger partial charge in [-0.1, -0.05) is 0 Å². The zero-order valence-corrected chi connectivity index (χ0v) is 11.6. The lowest BCUT2D eigenvalue weighted by molar-refractivity contribution is 0.606. The average molecular weight is 317 g/mol. The minimum Gasteiger partial charge on any atom is -0.306 e. The summed E-state index contributed by atoms with van der Waals surface area (Å²) in [7, 11) is 0. The van der Waals surface area contributed by atoms with E-state index in [2.05, 4.69) is 31.3 Å². The second kappa shape index (κ2) is 4.67. The third-order valence-corrected chi connectivity index (χ3v) is 4.36. The Balaban J connectivity index is 2.56. The van der Waals surface area contributed by atoms with Crippen LogP contribution in [0.15, 0.2) is 10.5 Å². The zero-order valence-electron chi connectivity index (χ0n) is 9.21. The van der Waals surface area contributed by atoms with Gasteiger partial charge in [0.15, 0.2) is 17.5 Å². The number of hydrogen-bond acceptors (Lipinski definition) is 5. The van der Waals surface area contributed by atoms with Crippen molar-refractivity contribution in [2.24, 2.45) is 5.84 Å². The summed E-state index contributed by atoms with van der Waals surface area (Å²) >= 11 is 4.96. The maximum Gasteiger partial charge on any atom is 0.187 e. The van der Waals surface area contributed by atoms with Crippen molar-refractivity contribution in [3.05, 3.63) is 26.9 Å². The SMILES string of the molecule is Cc1nc(-c2cc(Br)c(C)s2)nc(NN)c1F. The molecule has 0 atom stereocenters. The summed E-state index contributed by atoms with van der Waals surface area (Å²) in [5.41, 5.74) is 2.50. The third kappa shape index (κ3) is 2.31. The molecule has 0 aromatic carbocycles. The molecule has 0 amide bonds. The Bertz CT molecular complexity index is 550. The van der Waals surface area contributed by atoms with E-state index in [0.717, 1.165) is 14.2 Å². The maximum absolute atomic E-state index is 13.5. The second-order valence-electron chi connectivity index (χ2n) is 3.45. The van der Waals surface area contributed by atoms with Crippen LogP contribution in [0.3, 0.4) is 0 Å². The van der Waals surface area contributed by atoms with Crippen LogP contribution in [-0.4, -0.2) is 9.97 Å². The molecule has 2 aromatic heterocycles. The van der Waals surface area contributed by atoms with Crippen LogP contribution in [0.1, 0.15) is 10.6 Å². The molecule has 0 aliphatic heterocycles. The molecule has 90 valence electrons. The molecular formula is C10H10BrFN4S. The number of nitrogens with two attached hydrogens (primary N) is 1. The predicted octanol–water partition coefficient (Wildman–Crippen LogP) is 3.01. The van der Waals surface area contributed by atoms with Gasteiger partial charge in [0.1, 0.15) is 0 Å². The highest BCUT2D eigenvalue weighted by atomic mass is 79.9. The maximum atomic E-state index is 13.5. The summed E-state index contributed by atoms with van der Waals surface area (Å²) in [5.74, 6) is 5.17. The Morgan fingerprint density at radius 2 is 2.12 bits per heavy atom. The van der Waals surface area contributed by atoms with Gasteiger partial charge in [-0.2, -0.15) is 0 Å². The molecule has 0 unspecified atom stereocenters. The van der Waals surface area contributed by atoms with E-state index in [9.17, 15) is 4.39 Å². The molecule has 0 spiro atoms. The number of hydrazine groups is 1. The molecule has 7 heteroatoms. The highest BCUT2D eigenvalue weighted by molar-refractivity contribution is 9.10. The lowest BCUT2D eigenvalue weighted by Gasteiger charge is -2.05. The van der Waals surface area contributed by atoms with Crippen molar-refractivity contribution in [3.63, 3.8) is 0 Å². The van der Waals surface area contributed by atoms with Gasteiger partial charge in [-0.25, -0.2) is 20.2 Å². The van der Waals surface area contributed by atoms with Crippen LogP contribution in [-0.2, 0) is 0 Å². The molecule has 0 saturated carbocycles. The second-order valence-corrected chi connectivity index (χ2v) is 5.56. The molecule has 0 saturated heterocycles. The van der Waals surface area contributed by atoms with Crippen molar-refractivity contribution in [2.45, 2.75) is 13.8 Å². The molecule has 4 nitrogen and oxygen atoms in total. The average Bonchev–Trinajstić information content (AvgIpc) is 2.63. The normalized spacial score (nSPS) is 10.6. The Labute approximate surface area is 110 Å². The van der Waals surface area contributed by atoms with E-state index in [1.165, 1.54) is 11.3 Å². The van der Waals surface area contributed by atoms with E-state index in [-0.39, 0.29) is 11.5 Å². The smallest absolute Gasteiger partial charge is 0.187 e. The number of rotatable bonds is 2. The number of thiophene rings is 1. The van der Waals surface area contributed by atoms with Crippen LogP contribution < -0.4 is 11.3 Å². The van der Waals surface area contributed by atoms with Crippen LogP contribution in [0, 0.1) is 19.7 Å². The van der Waals surface area contributed by atoms with Crippen LogP contribution in [0.4, 0.5) is 10.2 Å². The number of nitrogens with zero attached hydrogens (tertiary/aromatic N) is 2. The summed E-state index contributed by atoms with van der Waals surface area (Å²) in [4.78, 5) is 10.1. The van der Waals surface area contributed by atoms with Gasteiger partial charge in [-0.3, -0.25) is 0 Å². The first-order chi connectivity index (χ1) is 8.02. The number of halogens is 2. The van der Waals surface area contributed by atoms with Gasteiger partial charge in [0, 0.05) is 9.35 Å². The summed E-state index contributed by atoms with van der Waals surface area (Å²) in [6, 6.07) is 1.91. The van der Waals surface area contributed by atoms with Gasteiger partial charge in [0.25, 0.3) is 0 Å². The van der Waals surface area contributed by atoms with Gasteiger partial charge >= 0.3 is 0 Å². The third-order valence-electron chi connectivity index (χ3n) is 2.23. The number of anilines is 1. The molecule has 0 bridgehead atoms. The first-order valence-corrected chi connectivity index (χ1v) is 6.41. The molecule has 0 aliphatic rings. The zero-order chi connectivity index (χ0) is 12.6. The van der Waals surface area contributed by atoms with E-state index in [4.69, 9.17) is 5.84 Å². The molecule has 2 heterocycles. The van der Waals surface area contributed by atoms with Crippen LogP contribution in [0.5, 0.6) is 0 Å². The molecular weight excluding hydrogens is 307 g/mol. The van der Waals surface area contributed by atoms with Gasteiger partial charge < -0.3 is 5.43 Å². The summed E-state index contributed by atoms with van der Waals surface area (Å²) in [6.07, 6.45) is 0. The minimum atomic E-state index is -0.524. The highest BCUT2D eigenvalue weighted by Gasteiger charge is 2.14. The first kappa shape index (κ1) is 12.4. The fourth-order valence-corrected chi connectivity index (χ4v) is 2.80. The largest absolute Gasteiger partial charge is 0.306 e. The van der Waals surface area contributed by atoms with E-state index in [1.54, 1.807) is 6.92 Å². The Hall–Kier alpha value is -1.05. The van der Waals surface area contributed by atoms with Crippen molar-refractivity contribution >= 4 is 33.1 Å². The van der Waals surface area contributed by atoms with Crippen molar-refractivity contribution < 1.29 is 4.39 Å². The van der Waals surface area contributed by atoms with Crippen molar-refractivity contribution in [2.75, 3.05) is 5.43 Å². The van der Waals surface area contributed by atoms with Crippen LogP contribution in [0.25, 0.3) is 10.7 Å². The van der Waals surface area contributed by atoms with Crippen molar-refractivity contribution in [1.82, 2.24) is 9.97 Å². The lowest BCUT2D eigenvalue weighted by atomic mass is 10.3. The van der Waals surface area contributed by atoms with Crippen LogP contribution >= 0.6 is 27.3 Å². The predicted molar refractivity (Wildman–Crippen MR) is 70.3 cm³/mol. The number of aryl methyl sites for hydroxylation is 2. The molecule has 2 rings (SSSR count). The van der Waals surface area contributed by atoms with Crippen molar-refractivity contribution in [3.8, 4) is 10.7 Å². The standard InChI is InChI=1S/C10H10BrFN4S/c1-4-8(12)10(16-13)15-9(14-4)7-3-6(11)5(2)17-7/h3H,13H2,1-2H3,(H,14,15,16). The number of nitrogen functional groups attached to an aromatic ring is 1.